The molecular weight excluding hydrogens is 261 g/mol. The van der Waals surface area contributed by atoms with E-state index >= 15 is 0 Å². The summed E-state index contributed by atoms with van der Waals surface area (Å²) < 4.78 is 13.8. The van der Waals surface area contributed by atoms with Crippen LogP contribution in [0, 0.1) is 5.82 Å². The Labute approximate surface area is 127 Å². The molecule has 0 saturated heterocycles. The first-order valence-corrected chi connectivity index (χ1v) is 8.08. The first kappa shape index (κ1) is 16.0. The average Bonchev–Trinajstić information content (AvgIpc) is 2.48. The van der Waals surface area contributed by atoms with E-state index in [1.54, 1.807) is 6.07 Å². The van der Waals surface area contributed by atoms with Crippen molar-refractivity contribution in [1.29, 1.82) is 0 Å². The van der Waals surface area contributed by atoms with Crippen LogP contribution in [-0.4, -0.2) is 12.6 Å². The van der Waals surface area contributed by atoms with Crippen molar-refractivity contribution in [3.05, 3.63) is 47.8 Å². The Kier molecular flexibility index (Phi) is 6.19. The maximum atomic E-state index is 13.8. The zero-order chi connectivity index (χ0) is 15.1. The number of nitrogens with one attached hydrogen (secondary N) is 1. The minimum absolute atomic E-state index is 0.117. The second-order valence-electron chi connectivity index (χ2n) is 6.03. The fourth-order valence-electron chi connectivity index (χ4n) is 2.73. The lowest BCUT2D eigenvalue weighted by atomic mass is 9.99. The van der Waals surface area contributed by atoms with E-state index in [-0.39, 0.29) is 5.82 Å². The highest BCUT2D eigenvalue weighted by Crippen LogP contribution is 2.23. The number of fused-ring (bicyclic) bond motifs is 1. The molecule has 0 fully saturated rings. The standard InChI is InChI=1S/C19H26FN/c1-15(2)21-14-8-4-3-5-9-16-12-13-19(20)18-11-7-6-10-17(16)18/h6-7,10-13,15,21H,3-5,8-9,14H2,1-2H3. The highest BCUT2D eigenvalue weighted by molar-refractivity contribution is 5.86. The van der Waals surface area contributed by atoms with Gasteiger partial charge in [-0.3, -0.25) is 0 Å². The SMILES string of the molecule is CC(C)NCCCCCCc1ccc(F)c2ccccc12. The molecule has 114 valence electrons. The monoisotopic (exact) mass is 287 g/mol. The molecule has 21 heavy (non-hydrogen) atoms. The molecule has 0 radical (unpaired) electrons. The number of aryl methyl sites for hydroxylation is 1. The molecule has 0 spiro atoms. The Morgan fingerprint density at radius 1 is 0.905 bits per heavy atom. The third-order valence-electron chi connectivity index (χ3n) is 3.89. The van der Waals surface area contributed by atoms with E-state index < -0.39 is 0 Å². The molecule has 0 aliphatic rings. The van der Waals surface area contributed by atoms with Gasteiger partial charge >= 0.3 is 0 Å². The maximum absolute atomic E-state index is 13.8. The first-order chi connectivity index (χ1) is 10.2. The smallest absolute Gasteiger partial charge is 0.131 e. The van der Waals surface area contributed by atoms with Gasteiger partial charge in [-0.1, -0.05) is 57.0 Å². The maximum Gasteiger partial charge on any atom is 0.131 e. The molecular formula is C19H26FN. The molecule has 0 saturated carbocycles. The Hall–Kier alpha value is -1.41. The van der Waals surface area contributed by atoms with Gasteiger partial charge in [0, 0.05) is 11.4 Å². The molecule has 0 aliphatic carbocycles. The number of benzene rings is 2. The van der Waals surface area contributed by atoms with Crippen LogP contribution in [0.3, 0.4) is 0 Å². The van der Waals surface area contributed by atoms with E-state index in [0.717, 1.165) is 23.7 Å². The minimum Gasteiger partial charge on any atom is -0.315 e. The van der Waals surface area contributed by atoms with Crippen LogP contribution in [0.5, 0.6) is 0 Å². The number of unbranched alkanes of at least 4 members (excludes halogenated alkanes) is 3. The first-order valence-electron chi connectivity index (χ1n) is 8.08. The highest BCUT2D eigenvalue weighted by Gasteiger charge is 2.04. The van der Waals surface area contributed by atoms with Crippen LogP contribution >= 0.6 is 0 Å². The predicted octanol–water partition coefficient (Wildman–Crippen LogP) is 5.08. The number of halogens is 1. The molecule has 0 atom stereocenters. The van der Waals surface area contributed by atoms with Gasteiger partial charge < -0.3 is 5.32 Å². The minimum atomic E-state index is -0.117. The number of hydrogen-bond donors (Lipinski definition) is 1. The van der Waals surface area contributed by atoms with Crippen LogP contribution in [-0.2, 0) is 6.42 Å². The fraction of sp³-hybridized carbons (Fsp3) is 0.474. The predicted molar refractivity (Wildman–Crippen MR) is 89.2 cm³/mol. The van der Waals surface area contributed by atoms with Gasteiger partial charge in [-0.05, 0) is 42.8 Å². The molecule has 0 unspecified atom stereocenters. The number of hydrogen-bond acceptors (Lipinski definition) is 1. The van der Waals surface area contributed by atoms with Crippen molar-refractivity contribution in [2.75, 3.05) is 6.54 Å². The molecule has 2 aromatic carbocycles. The lowest BCUT2D eigenvalue weighted by molar-refractivity contribution is 0.542. The second-order valence-corrected chi connectivity index (χ2v) is 6.03. The van der Waals surface area contributed by atoms with Crippen LogP contribution in [0.15, 0.2) is 36.4 Å². The van der Waals surface area contributed by atoms with Crippen LogP contribution in [0.2, 0.25) is 0 Å². The highest BCUT2D eigenvalue weighted by atomic mass is 19.1. The molecule has 0 bridgehead atoms. The molecule has 0 heterocycles. The Balaban J connectivity index is 1.80. The van der Waals surface area contributed by atoms with Gasteiger partial charge in [0.25, 0.3) is 0 Å². The Morgan fingerprint density at radius 3 is 2.38 bits per heavy atom. The third kappa shape index (κ3) is 4.82. The van der Waals surface area contributed by atoms with E-state index in [4.69, 9.17) is 0 Å². The quantitative estimate of drug-likeness (QED) is 0.668. The van der Waals surface area contributed by atoms with Crippen LogP contribution < -0.4 is 5.32 Å². The molecule has 0 amide bonds. The second kappa shape index (κ2) is 8.14. The molecule has 1 N–H and O–H groups in total. The largest absolute Gasteiger partial charge is 0.315 e. The fourth-order valence-corrected chi connectivity index (χ4v) is 2.73. The van der Waals surface area contributed by atoms with Crippen molar-refractivity contribution in [1.82, 2.24) is 5.32 Å². The zero-order valence-corrected chi connectivity index (χ0v) is 13.2. The van der Waals surface area contributed by atoms with Gasteiger partial charge in [-0.2, -0.15) is 0 Å². The van der Waals surface area contributed by atoms with Crippen molar-refractivity contribution in [3.8, 4) is 0 Å². The topological polar surface area (TPSA) is 12.0 Å². The van der Waals surface area contributed by atoms with Crippen molar-refractivity contribution in [2.24, 2.45) is 0 Å². The normalized spacial score (nSPS) is 11.4. The van der Waals surface area contributed by atoms with Gasteiger partial charge in [0.05, 0.1) is 0 Å². The summed E-state index contributed by atoms with van der Waals surface area (Å²) in [6, 6.07) is 11.9. The molecule has 2 heteroatoms. The molecule has 2 aromatic rings. The van der Waals surface area contributed by atoms with Gasteiger partial charge in [0.15, 0.2) is 0 Å². The summed E-state index contributed by atoms with van der Waals surface area (Å²) in [5.41, 5.74) is 1.27. The van der Waals surface area contributed by atoms with Gasteiger partial charge in [0.1, 0.15) is 5.82 Å². The summed E-state index contributed by atoms with van der Waals surface area (Å²) >= 11 is 0. The molecule has 0 aliphatic heterocycles. The van der Waals surface area contributed by atoms with Crippen LogP contribution in [0.4, 0.5) is 4.39 Å². The van der Waals surface area contributed by atoms with E-state index in [1.807, 2.05) is 30.3 Å². The summed E-state index contributed by atoms with van der Waals surface area (Å²) in [5, 5.41) is 5.26. The van der Waals surface area contributed by atoms with Gasteiger partial charge in [-0.25, -0.2) is 4.39 Å². The Morgan fingerprint density at radius 2 is 1.62 bits per heavy atom. The van der Waals surface area contributed by atoms with Crippen LogP contribution in [0.1, 0.15) is 45.1 Å². The molecule has 0 aromatic heterocycles. The van der Waals surface area contributed by atoms with E-state index in [2.05, 4.69) is 19.2 Å². The summed E-state index contributed by atoms with van der Waals surface area (Å²) in [6.07, 6.45) is 5.96. The van der Waals surface area contributed by atoms with Crippen molar-refractivity contribution < 1.29 is 4.39 Å². The van der Waals surface area contributed by atoms with Gasteiger partial charge in [-0.15, -0.1) is 0 Å². The molecule has 2 rings (SSSR count). The summed E-state index contributed by atoms with van der Waals surface area (Å²) in [4.78, 5) is 0. The van der Waals surface area contributed by atoms with Crippen LogP contribution in [0.25, 0.3) is 10.8 Å². The average molecular weight is 287 g/mol. The summed E-state index contributed by atoms with van der Waals surface area (Å²) in [5.74, 6) is -0.117. The van der Waals surface area contributed by atoms with E-state index in [0.29, 0.717) is 6.04 Å². The number of rotatable bonds is 8. The lowest BCUT2D eigenvalue weighted by Gasteiger charge is -2.09. The summed E-state index contributed by atoms with van der Waals surface area (Å²) in [6.45, 7) is 5.47. The van der Waals surface area contributed by atoms with Crippen molar-refractivity contribution >= 4 is 10.8 Å². The lowest BCUT2D eigenvalue weighted by Crippen LogP contribution is -2.23. The summed E-state index contributed by atoms with van der Waals surface area (Å²) in [7, 11) is 0. The van der Waals surface area contributed by atoms with E-state index in [1.165, 1.54) is 31.2 Å². The zero-order valence-electron chi connectivity index (χ0n) is 13.2. The van der Waals surface area contributed by atoms with Crippen molar-refractivity contribution in [2.45, 2.75) is 52.0 Å². The van der Waals surface area contributed by atoms with E-state index in [9.17, 15) is 4.39 Å². The van der Waals surface area contributed by atoms with Crippen molar-refractivity contribution in [3.63, 3.8) is 0 Å². The molecule has 1 nitrogen and oxygen atoms in total. The van der Waals surface area contributed by atoms with Gasteiger partial charge in [0.2, 0.25) is 0 Å². The third-order valence-corrected chi connectivity index (χ3v) is 3.89. The Bertz CT molecular complexity index is 562.